The van der Waals surface area contributed by atoms with E-state index in [1.54, 1.807) is 0 Å². The standard InChI is InChI=1S/C29H26ClF7N3O6P/c1-16(41)21-13-39(23-10-19(5-6-20(21)23)47(44,45-8-7-31)46-15-29(35,36)37)14-25(42)40-12-18(27(33)34)9-24(40)28(43)38-11-17-3-2-4-22(30)26(17)32/h2-6,10,13,24H,7-9,11-12,14-15H2,1H3,(H,38,43)/t24-,47?/m0/s1. The maximum Gasteiger partial charge on any atom is 0.412 e. The highest BCUT2D eigenvalue weighted by Gasteiger charge is 2.39. The molecule has 4 rings (SSSR count). The second-order valence-electron chi connectivity index (χ2n) is 10.4. The molecular formula is C29H26ClF7N3O6P. The molecule has 1 aromatic heterocycles. The van der Waals surface area contributed by atoms with Gasteiger partial charge in [-0.15, -0.1) is 0 Å². The van der Waals surface area contributed by atoms with Gasteiger partial charge in [0.2, 0.25) is 11.8 Å². The van der Waals surface area contributed by atoms with Crippen LogP contribution in [0.15, 0.2) is 54.2 Å². The molecule has 2 heterocycles. The fourth-order valence-corrected chi connectivity index (χ4v) is 6.67. The summed E-state index contributed by atoms with van der Waals surface area (Å²) < 4.78 is 117. The van der Waals surface area contributed by atoms with Crippen LogP contribution in [0.4, 0.5) is 30.7 Å². The first-order valence-corrected chi connectivity index (χ1v) is 15.7. The Labute approximate surface area is 267 Å². The Morgan fingerprint density at radius 2 is 1.85 bits per heavy atom. The number of carbonyl (C=O) groups excluding carboxylic acids is 3. The lowest BCUT2D eigenvalue weighted by atomic mass is 10.1. The van der Waals surface area contributed by atoms with Gasteiger partial charge in [0.25, 0.3) is 6.08 Å². The molecule has 47 heavy (non-hydrogen) atoms. The number of hydrogen-bond acceptors (Lipinski definition) is 6. The van der Waals surface area contributed by atoms with E-state index in [1.807, 2.05) is 0 Å². The van der Waals surface area contributed by atoms with Crippen LogP contribution in [0.2, 0.25) is 5.02 Å². The van der Waals surface area contributed by atoms with Crippen molar-refractivity contribution in [2.24, 2.45) is 0 Å². The third-order valence-electron chi connectivity index (χ3n) is 7.16. The van der Waals surface area contributed by atoms with E-state index in [0.717, 1.165) is 21.6 Å². The highest BCUT2D eigenvalue weighted by molar-refractivity contribution is 7.62. The fourth-order valence-electron chi connectivity index (χ4n) is 4.94. The van der Waals surface area contributed by atoms with Crippen molar-refractivity contribution < 1.29 is 58.7 Å². The minimum absolute atomic E-state index is 0.00698. The Morgan fingerprint density at radius 1 is 1.13 bits per heavy atom. The molecule has 1 fully saturated rings. The topological polar surface area (TPSA) is 107 Å². The Hall–Kier alpha value is -3.72. The van der Waals surface area contributed by atoms with Crippen LogP contribution in [-0.4, -0.2) is 65.7 Å². The maximum absolute atomic E-state index is 14.3. The molecule has 1 N–H and O–H groups in total. The van der Waals surface area contributed by atoms with Gasteiger partial charge in [0.1, 0.15) is 25.1 Å². The lowest BCUT2D eigenvalue weighted by molar-refractivity contribution is -0.154. The number of likely N-dealkylation sites (tertiary alicyclic amines) is 1. The number of rotatable bonds is 12. The average Bonchev–Trinajstić information content (AvgIpc) is 3.62. The van der Waals surface area contributed by atoms with Gasteiger partial charge in [-0.2, -0.15) is 22.0 Å². The number of benzene rings is 2. The molecule has 2 amide bonds. The third kappa shape index (κ3) is 8.42. The Morgan fingerprint density at radius 3 is 2.49 bits per heavy atom. The molecule has 0 bridgehead atoms. The van der Waals surface area contributed by atoms with E-state index in [1.165, 1.54) is 37.4 Å². The zero-order chi connectivity index (χ0) is 34.7. The molecule has 254 valence electrons. The van der Waals surface area contributed by atoms with Gasteiger partial charge in [0, 0.05) is 47.8 Å². The van der Waals surface area contributed by atoms with Crippen molar-refractivity contribution in [1.82, 2.24) is 14.8 Å². The Bertz CT molecular complexity index is 1780. The smallest absolute Gasteiger partial charge is 0.350 e. The fraction of sp³-hybridized carbons (Fsp3) is 0.345. The van der Waals surface area contributed by atoms with Crippen LogP contribution in [0.1, 0.15) is 29.3 Å². The predicted molar refractivity (Wildman–Crippen MR) is 156 cm³/mol. The molecule has 1 saturated heterocycles. The quantitative estimate of drug-likeness (QED) is 0.139. The summed E-state index contributed by atoms with van der Waals surface area (Å²) in [7, 11) is -4.79. The van der Waals surface area contributed by atoms with E-state index in [9.17, 15) is 49.7 Å². The van der Waals surface area contributed by atoms with Crippen molar-refractivity contribution >= 4 is 53.0 Å². The van der Waals surface area contributed by atoms with Gasteiger partial charge < -0.3 is 19.3 Å². The van der Waals surface area contributed by atoms with E-state index >= 15 is 0 Å². The van der Waals surface area contributed by atoms with Crippen LogP contribution in [-0.2, 0) is 36.3 Å². The number of ketones is 1. The van der Waals surface area contributed by atoms with Crippen molar-refractivity contribution in [3.63, 3.8) is 0 Å². The lowest BCUT2D eigenvalue weighted by Gasteiger charge is -2.24. The van der Waals surface area contributed by atoms with Crippen molar-refractivity contribution in [2.75, 3.05) is 26.4 Å². The Kier molecular flexibility index (Phi) is 11.2. The predicted octanol–water partition coefficient (Wildman–Crippen LogP) is 6.09. The Balaban J connectivity index is 1.66. The summed E-state index contributed by atoms with van der Waals surface area (Å²) >= 11 is 5.76. The molecule has 18 heteroatoms. The first-order valence-electron chi connectivity index (χ1n) is 13.7. The molecule has 0 radical (unpaired) electrons. The molecule has 1 aliphatic rings. The SMILES string of the molecule is CC(=O)c1cn(CC(=O)N2CC(=C(F)F)C[C@H]2C(=O)NCc2cccc(Cl)c2F)c2cc(P(=O)(OCCF)OCC(F)(F)F)ccc12. The van der Waals surface area contributed by atoms with Gasteiger partial charge in [-0.05, 0) is 25.1 Å². The summed E-state index contributed by atoms with van der Waals surface area (Å²) in [6.45, 7) is -4.52. The number of Topliss-reactive ketones (excluding diaryl/α,β-unsaturated/α-hetero) is 1. The molecule has 1 aliphatic heterocycles. The van der Waals surface area contributed by atoms with Crippen molar-refractivity contribution in [2.45, 2.75) is 38.7 Å². The number of alkyl halides is 4. The summed E-state index contributed by atoms with van der Waals surface area (Å²) in [5, 5.41) is 1.94. The van der Waals surface area contributed by atoms with E-state index in [2.05, 4.69) is 9.84 Å². The first kappa shape index (κ1) is 36.1. The van der Waals surface area contributed by atoms with E-state index in [-0.39, 0.29) is 33.6 Å². The minimum Gasteiger partial charge on any atom is -0.350 e. The van der Waals surface area contributed by atoms with Gasteiger partial charge in [-0.25, -0.2) is 8.78 Å². The molecular weight excluding hydrogens is 686 g/mol. The monoisotopic (exact) mass is 711 g/mol. The molecule has 0 saturated carbocycles. The van der Waals surface area contributed by atoms with Crippen molar-refractivity contribution in [3.8, 4) is 0 Å². The number of nitrogens with one attached hydrogen (secondary N) is 1. The average molecular weight is 712 g/mol. The van der Waals surface area contributed by atoms with Crippen LogP contribution in [0.3, 0.4) is 0 Å². The highest BCUT2D eigenvalue weighted by Crippen LogP contribution is 2.48. The first-order chi connectivity index (χ1) is 22.0. The number of hydrogen-bond donors (Lipinski definition) is 1. The van der Waals surface area contributed by atoms with Gasteiger partial charge in [0.05, 0.1) is 22.5 Å². The van der Waals surface area contributed by atoms with Gasteiger partial charge in [-0.3, -0.25) is 23.5 Å². The summed E-state index contributed by atoms with van der Waals surface area (Å²) in [6.07, 6.45) is -6.32. The summed E-state index contributed by atoms with van der Waals surface area (Å²) in [6, 6.07) is 5.98. The van der Waals surface area contributed by atoms with E-state index in [4.69, 9.17) is 16.1 Å². The lowest BCUT2D eigenvalue weighted by Crippen LogP contribution is -2.46. The van der Waals surface area contributed by atoms with Crippen molar-refractivity contribution in [3.05, 3.63) is 76.2 Å². The third-order valence-corrected chi connectivity index (χ3v) is 9.35. The molecule has 0 aliphatic carbocycles. The largest absolute Gasteiger partial charge is 0.412 e. The summed E-state index contributed by atoms with van der Waals surface area (Å²) in [5.74, 6) is -3.04. The van der Waals surface area contributed by atoms with Crippen molar-refractivity contribution in [1.29, 1.82) is 0 Å². The zero-order valence-electron chi connectivity index (χ0n) is 24.4. The minimum atomic E-state index is -4.92. The van der Waals surface area contributed by atoms with Crippen LogP contribution in [0, 0.1) is 5.82 Å². The maximum atomic E-state index is 14.3. The van der Waals surface area contributed by atoms with Crippen LogP contribution in [0.5, 0.6) is 0 Å². The second kappa shape index (κ2) is 14.6. The highest BCUT2D eigenvalue weighted by atomic mass is 35.5. The number of halogens is 8. The number of nitrogens with zero attached hydrogens (tertiary/aromatic N) is 2. The number of carbonyl (C=O) groups is 3. The molecule has 2 atom stereocenters. The molecule has 2 aromatic carbocycles. The zero-order valence-corrected chi connectivity index (χ0v) is 26.0. The number of amides is 2. The molecule has 1 unspecified atom stereocenters. The number of fused-ring (bicyclic) bond motifs is 1. The summed E-state index contributed by atoms with van der Waals surface area (Å²) in [5.41, 5.74) is -0.452. The molecule has 9 nitrogen and oxygen atoms in total. The van der Waals surface area contributed by atoms with E-state index in [0.29, 0.717) is 0 Å². The van der Waals surface area contributed by atoms with Gasteiger partial charge in [0.15, 0.2) is 12.4 Å². The van der Waals surface area contributed by atoms with Crippen LogP contribution < -0.4 is 10.6 Å². The normalized spacial score (nSPS) is 16.4. The van der Waals surface area contributed by atoms with Crippen LogP contribution in [0.25, 0.3) is 10.9 Å². The number of aromatic nitrogens is 1. The van der Waals surface area contributed by atoms with Gasteiger partial charge >= 0.3 is 13.8 Å². The molecule has 0 spiro atoms. The van der Waals surface area contributed by atoms with E-state index < -0.39 is 99.6 Å². The second-order valence-corrected chi connectivity index (χ2v) is 12.8. The summed E-state index contributed by atoms with van der Waals surface area (Å²) in [4.78, 5) is 39.9. The van der Waals surface area contributed by atoms with Gasteiger partial charge in [-0.1, -0.05) is 29.8 Å². The van der Waals surface area contributed by atoms with Crippen LogP contribution >= 0.6 is 19.2 Å². The molecule has 3 aromatic rings.